The van der Waals surface area contributed by atoms with Crippen LogP contribution in [-0.4, -0.2) is 106 Å². The first-order valence-electron chi connectivity index (χ1n) is 10.6. The summed E-state index contributed by atoms with van der Waals surface area (Å²) >= 11 is 0. The monoisotopic (exact) mass is 583 g/mol. The summed E-state index contributed by atoms with van der Waals surface area (Å²) in [7, 11) is -10.5. The van der Waals surface area contributed by atoms with E-state index in [1.165, 1.54) is 0 Å². The van der Waals surface area contributed by atoms with Gasteiger partial charge in [-0.1, -0.05) is 0 Å². The molecule has 2 saturated heterocycles. The number of rotatable bonds is 10. The molecule has 2 fully saturated rings. The first-order chi connectivity index (χ1) is 17.8. The number of imidazole rings is 1. The second kappa shape index (κ2) is 11.0. The quantitative estimate of drug-likeness (QED) is 0.0643. The van der Waals surface area contributed by atoms with E-state index in [-0.39, 0.29) is 29.5 Å². The van der Waals surface area contributed by atoms with Crippen LogP contribution in [0.3, 0.4) is 0 Å². The van der Waals surface area contributed by atoms with Gasteiger partial charge in [0, 0.05) is 11.5 Å². The number of nitrogens with one attached hydrogen (secondary N) is 1. The topological polar surface area (TPSA) is 323 Å². The zero-order chi connectivity index (χ0) is 27.8. The number of azide groups is 1. The summed E-state index contributed by atoms with van der Waals surface area (Å²) in [5, 5.41) is 46.1. The summed E-state index contributed by atoms with van der Waals surface area (Å²) in [6.07, 6.45) is -7.86. The molecule has 0 aromatic carbocycles. The highest BCUT2D eigenvalue weighted by Crippen LogP contribution is 2.60. The summed E-state index contributed by atoms with van der Waals surface area (Å²) < 4.78 is 44.3. The van der Waals surface area contributed by atoms with Gasteiger partial charge < -0.3 is 46.0 Å². The van der Waals surface area contributed by atoms with Crippen LogP contribution in [0, 0.1) is 0 Å². The van der Waals surface area contributed by atoms with Gasteiger partial charge in [0.2, 0.25) is 5.95 Å². The van der Waals surface area contributed by atoms with Crippen LogP contribution in [0.1, 0.15) is 6.23 Å². The first-order valence-corrected chi connectivity index (χ1v) is 13.6. The smallest absolute Gasteiger partial charge is 0.389 e. The van der Waals surface area contributed by atoms with E-state index in [1.54, 1.807) is 0 Å². The molecule has 2 aliphatic heterocycles. The minimum absolute atomic E-state index is 0.00155. The Labute approximate surface area is 211 Å². The van der Waals surface area contributed by atoms with Gasteiger partial charge in [0.25, 0.3) is 0 Å². The molecule has 0 saturated carbocycles. The van der Waals surface area contributed by atoms with E-state index in [0.717, 1.165) is 10.9 Å². The third-order valence-electron chi connectivity index (χ3n) is 5.63. The summed E-state index contributed by atoms with van der Waals surface area (Å²) in [5.41, 5.74) is 14.6. The van der Waals surface area contributed by atoms with Crippen LogP contribution in [0.5, 0.6) is 0 Å². The second-order valence-electron chi connectivity index (χ2n) is 8.13. The lowest BCUT2D eigenvalue weighted by Crippen LogP contribution is -2.36. The molecular formula is C15H23N9O12P2. The molecule has 0 bridgehead atoms. The summed E-state index contributed by atoms with van der Waals surface area (Å²) in [6, 6.07) is -0.955. The summed E-state index contributed by atoms with van der Waals surface area (Å²) in [5.74, 6) is -0.434. The highest BCUT2D eigenvalue weighted by Gasteiger charge is 2.47. The van der Waals surface area contributed by atoms with Crippen molar-refractivity contribution in [3.8, 4) is 0 Å². The lowest BCUT2D eigenvalue weighted by atomic mass is 10.1. The number of ether oxygens (including phenoxy) is 1. The highest BCUT2D eigenvalue weighted by atomic mass is 31.3. The van der Waals surface area contributed by atoms with Crippen LogP contribution in [0.4, 0.5) is 11.8 Å². The molecule has 0 aliphatic carbocycles. The minimum Gasteiger partial charge on any atom is -0.389 e. The number of phosphoric ester groups is 2. The number of phosphoric acid groups is 2. The molecule has 4 heterocycles. The van der Waals surface area contributed by atoms with Gasteiger partial charge in [-0.15, -0.1) is 0 Å². The molecule has 4 rings (SSSR count). The van der Waals surface area contributed by atoms with Crippen molar-refractivity contribution in [2.24, 2.45) is 5.11 Å². The van der Waals surface area contributed by atoms with Crippen molar-refractivity contribution in [3.63, 3.8) is 0 Å². The number of fused-ring (bicyclic) bond motifs is 1. The molecule has 0 radical (unpaired) electrons. The molecule has 38 heavy (non-hydrogen) atoms. The Morgan fingerprint density at radius 1 is 1.16 bits per heavy atom. The normalized spacial score (nSPS) is 32.6. The lowest BCUT2D eigenvalue weighted by molar-refractivity contribution is -0.0496. The van der Waals surface area contributed by atoms with Crippen molar-refractivity contribution in [1.82, 2.24) is 24.8 Å². The van der Waals surface area contributed by atoms with Gasteiger partial charge in [0.15, 0.2) is 23.2 Å². The average Bonchev–Trinajstić information content (AvgIpc) is 3.46. The zero-order valence-corrected chi connectivity index (χ0v) is 20.8. The highest BCUT2D eigenvalue weighted by molar-refractivity contribution is 7.61. The van der Waals surface area contributed by atoms with Crippen molar-refractivity contribution >= 4 is 38.6 Å². The predicted molar refractivity (Wildman–Crippen MR) is 121 cm³/mol. The number of aromatic nitrogens is 4. The SMILES string of the molecule is [N-]=[N+]=Nc1nc2c(N)ncnc2n1[C@@H]1O[C@H](COP(=O)(O)OP(=O)(O)OC[C@H]2NC[C@H](O)[C@@H]2O)[C@@H](O)[C@H]1O. The third kappa shape index (κ3) is 5.96. The van der Waals surface area contributed by atoms with E-state index in [2.05, 4.69) is 43.7 Å². The Kier molecular flexibility index (Phi) is 8.34. The van der Waals surface area contributed by atoms with Crippen molar-refractivity contribution in [2.45, 2.75) is 42.8 Å². The number of aliphatic hydroxyl groups excluding tert-OH is 4. The Morgan fingerprint density at radius 2 is 1.84 bits per heavy atom. The van der Waals surface area contributed by atoms with Crippen LogP contribution in [0.15, 0.2) is 11.4 Å². The third-order valence-corrected chi connectivity index (χ3v) is 8.24. The van der Waals surface area contributed by atoms with E-state index in [9.17, 15) is 39.3 Å². The first kappa shape index (κ1) is 28.7. The molecule has 210 valence electrons. The molecule has 2 unspecified atom stereocenters. The molecule has 0 amide bonds. The van der Waals surface area contributed by atoms with Crippen molar-refractivity contribution in [2.75, 3.05) is 25.5 Å². The molecule has 2 aromatic heterocycles. The van der Waals surface area contributed by atoms with E-state index < -0.39 is 71.6 Å². The number of nitrogen functional groups attached to an aromatic ring is 1. The molecule has 9 N–H and O–H groups in total. The Morgan fingerprint density at radius 3 is 2.47 bits per heavy atom. The van der Waals surface area contributed by atoms with Crippen LogP contribution in [0.25, 0.3) is 21.6 Å². The fourth-order valence-corrected chi connectivity index (χ4v) is 5.90. The van der Waals surface area contributed by atoms with Gasteiger partial charge >= 0.3 is 15.6 Å². The van der Waals surface area contributed by atoms with Gasteiger partial charge in [-0.2, -0.15) is 4.31 Å². The molecule has 9 atom stereocenters. The van der Waals surface area contributed by atoms with Crippen LogP contribution >= 0.6 is 15.6 Å². The van der Waals surface area contributed by atoms with Crippen LogP contribution in [0.2, 0.25) is 0 Å². The average molecular weight is 583 g/mol. The van der Waals surface area contributed by atoms with Gasteiger partial charge in [-0.05, 0) is 10.6 Å². The molecular weight excluding hydrogens is 560 g/mol. The predicted octanol–water partition coefficient (Wildman–Crippen LogP) is -2.09. The Hall–Kier alpha value is -2.32. The number of hydrogen-bond donors (Lipinski definition) is 8. The number of nitrogens with zero attached hydrogens (tertiary/aromatic N) is 7. The fraction of sp³-hybridized carbons (Fsp3) is 0.667. The maximum absolute atomic E-state index is 12.2. The molecule has 21 nitrogen and oxygen atoms in total. The second-order valence-corrected chi connectivity index (χ2v) is 11.2. The van der Waals surface area contributed by atoms with E-state index in [4.69, 9.17) is 16.0 Å². The van der Waals surface area contributed by atoms with Crippen molar-refractivity contribution in [3.05, 3.63) is 16.8 Å². The Balaban J connectivity index is 1.42. The molecule has 2 aromatic rings. The van der Waals surface area contributed by atoms with Gasteiger partial charge in [-0.25, -0.2) is 24.1 Å². The zero-order valence-electron chi connectivity index (χ0n) is 19.0. The number of hydrogen-bond acceptors (Lipinski definition) is 16. The number of nitrogens with two attached hydrogens (primary N) is 1. The standard InChI is InChI=1S/C15H23N9O12P2/c16-12-8-13(20-4-19-12)24(15(21-8)22-23-17)14-11(28)10(27)7(35-14)3-34-38(31,32)36-37(29,30)33-2-5-9(26)6(25)1-18-5/h4-7,9-11,14,18,25-28H,1-3H2,(H,29,30)(H,31,32)(H2,16,19,20)/t5-,6+,7-,9-,10-,11-,14-/m1/s1. The molecule has 2 aliphatic rings. The summed E-state index contributed by atoms with van der Waals surface area (Å²) in [4.78, 5) is 34.0. The van der Waals surface area contributed by atoms with Crippen LogP contribution < -0.4 is 11.1 Å². The van der Waals surface area contributed by atoms with Gasteiger partial charge in [0.05, 0.1) is 31.5 Å². The van der Waals surface area contributed by atoms with Gasteiger partial charge in [0.1, 0.15) is 24.6 Å². The lowest BCUT2D eigenvalue weighted by Gasteiger charge is -2.21. The van der Waals surface area contributed by atoms with E-state index >= 15 is 0 Å². The van der Waals surface area contributed by atoms with E-state index in [0.29, 0.717) is 0 Å². The van der Waals surface area contributed by atoms with Crippen LogP contribution in [-0.2, 0) is 27.2 Å². The van der Waals surface area contributed by atoms with Crippen molar-refractivity contribution < 1.29 is 57.4 Å². The Bertz CT molecular complexity index is 1320. The van der Waals surface area contributed by atoms with Gasteiger partial charge in [-0.3, -0.25) is 13.6 Å². The molecule has 23 heteroatoms. The molecule has 0 spiro atoms. The summed E-state index contributed by atoms with van der Waals surface area (Å²) in [6.45, 7) is -1.60. The number of anilines is 1. The number of aliphatic hydroxyl groups is 4. The minimum atomic E-state index is -5.31. The fourth-order valence-electron chi connectivity index (χ4n) is 3.80. The number of β-amino-alcohol motifs (C(OH)–C–C–N with tert-alkyl or cyclic N) is 1. The maximum Gasteiger partial charge on any atom is 0.481 e. The van der Waals surface area contributed by atoms with Crippen molar-refractivity contribution in [1.29, 1.82) is 0 Å². The maximum atomic E-state index is 12.2. The largest absolute Gasteiger partial charge is 0.481 e. The van der Waals surface area contributed by atoms with E-state index in [1.807, 2.05) is 0 Å².